The number of halogens is 3. The standard InChI is InChI=1S/C26H26Cl2FN5O2/c1-15(23-19(27)5-6-20(29)24(23)28)36-17-13-18(26(35-3)30-14-17)25-31-21-7-4-16(12-22(21)32-25)34-10-8-33(2)9-11-34/h4-7,12-15H,8-11H2,1-3H3,(H,31,32)/t15-/m1/s1. The summed E-state index contributed by atoms with van der Waals surface area (Å²) >= 11 is 12.4. The lowest BCUT2D eigenvalue weighted by Crippen LogP contribution is -2.44. The van der Waals surface area contributed by atoms with E-state index < -0.39 is 11.9 Å². The van der Waals surface area contributed by atoms with Gasteiger partial charge in [-0.05, 0) is 50.4 Å². The number of nitrogens with zero attached hydrogens (tertiary/aromatic N) is 4. The number of H-pyrrole nitrogens is 1. The van der Waals surface area contributed by atoms with Crippen molar-refractivity contribution >= 4 is 39.9 Å². The van der Waals surface area contributed by atoms with Crippen LogP contribution in [0.15, 0.2) is 42.6 Å². The van der Waals surface area contributed by atoms with Gasteiger partial charge in [-0.25, -0.2) is 14.4 Å². The highest BCUT2D eigenvalue weighted by atomic mass is 35.5. The molecule has 2 aromatic heterocycles. The van der Waals surface area contributed by atoms with Crippen molar-refractivity contribution in [2.75, 3.05) is 45.2 Å². The molecule has 1 aliphatic rings. The smallest absolute Gasteiger partial charge is 0.224 e. The number of ether oxygens (including phenoxy) is 2. The third-order valence-electron chi connectivity index (χ3n) is 6.41. The maximum absolute atomic E-state index is 14.0. The molecule has 0 spiro atoms. The van der Waals surface area contributed by atoms with E-state index in [1.165, 1.54) is 18.3 Å². The fourth-order valence-electron chi connectivity index (χ4n) is 4.39. The van der Waals surface area contributed by atoms with Gasteiger partial charge in [0.15, 0.2) is 0 Å². The number of imidazole rings is 1. The van der Waals surface area contributed by atoms with Crippen LogP contribution in [-0.2, 0) is 0 Å². The molecule has 10 heteroatoms. The summed E-state index contributed by atoms with van der Waals surface area (Å²) in [7, 11) is 3.69. The summed E-state index contributed by atoms with van der Waals surface area (Å²) in [5.41, 5.74) is 3.92. The predicted octanol–water partition coefficient (Wildman–Crippen LogP) is 5.97. The Bertz CT molecular complexity index is 1400. The van der Waals surface area contributed by atoms with E-state index >= 15 is 0 Å². The molecule has 5 rings (SSSR count). The maximum atomic E-state index is 14.0. The Morgan fingerprint density at radius 3 is 2.61 bits per heavy atom. The van der Waals surface area contributed by atoms with E-state index in [0.29, 0.717) is 33.6 Å². The summed E-state index contributed by atoms with van der Waals surface area (Å²) in [6, 6.07) is 10.7. The molecule has 36 heavy (non-hydrogen) atoms. The molecule has 1 fully saturated rings. The number of likely N-dealkylation sites (N-methyl/N-ethyl adjacent to an activating group) is 1. The van der Waals surface area contributed by atoms with Crippen LogP contribution < -0.4 is 14.4 Å². The number of hydrogen-bond donors (Lipinski definition) is 1. The number of anilines is 1. The highest BCUT2D eigenvalue weighted by Gasteiger charge is 2.21. The summed E-state index contributed by atoms with van der Waals surface area (Å²) in [6.07, 6.45) is 0.916. The molecule has 7 nitrogen and oxygen atoms in total. The van der Waals surface area contributed by atoms with E-state index in [9.17, 15) is 4.39 Å². The van der Waals surface area contributed by atoms with Gasteiger partial charge in [0.25, 0.3) is 0 Å². The molecule has 4 aromatic rings. The van der Waals surface area contributed by atoms with Crippen molar-refractivity contribution in [3.63, 3.8) is 0 Å². The Hall–Kier alpha value is -3.07. The summed E-state index contributed by atoms with van der Waals surface area (Å²) in [5, 5.41) is 0.258. The Morgan fingerprint density at radius 2 is 1.86 bits per heavy atom. The number of rotatable bonds is 6. The number of aromatic amines is 1. The van der Waals surface area contributed by atoms with Gasteiger partial charge in [-0.2, -0.15) is 0 Å². The molecule has 3 heterocycles. The van der Waals surface area contributed by atoms with Crippen molar-refractivity contribution in [3.8, 4) is 23.0 Å². The zero-order valence-electron chi connectivity index (χ0n) is 20.2. The number of piperazine rings is 1. The van der Waals surface area contributed by atoms with E-state index in [2.05, 4.69) is 38.9 Å². The highest BCUT2D eigenvalue weighted by molar-refractivity contribution is 6.36. The van der Waals surface area contributed by atoms with Crippen molar-refractivity contribution in [3.05, 3.63) is 64.0 Å². The summed E-state index contributed by atoms with van der Waals surface area (Å²) in [4.78, 5) is 17.3. The lowest BCUT2D eigenvalue weighted by atomic mass is 10.1. The molecule has 1 aliphatic heterocycles. The van der Waals surface area contributed by atoms with E-state index in [0.717, 1.165) is 42.9 Å². The van der Waals surface area contributed by atoms with Gasteiger partial charge in [0.1, 0.15) is 23.5 Å². The SMILES string of the molecule is COc1ncc(O[C@H](C)c2c(Cl)ccc(F)c2Cl)cc1-c1nc2ccc(N3CCN(C)CC3)cc2[nH]1. The van der Waals surface area contributed by atoms with Gasteiger partial charge in [0.05, 0.1) is 34.9 Å². The number of fused-ring (bicyclic) bond motifs is 1. The van der Waals surface area contributed by atoms with Gasteiger partial charge in [-0.3, -0.25) is 0 Å². The predicted molar refractivity (Wildman–Crippen MR) is 141 cm³/mol. The minimum Gasteiger partial charge on any atom is -0.484 e. The van der Waals surface area contributed by atoms with Crippen molar-refractivity contribution in [1.29, 1.82) is 0 Å². The third-order valence-corrected chi connectivity index (χ3v) is 7.12. The molecular formula is C26H26Cl2FN5O2. The average molecular weight is 530 g/mol. The van der Waals surface area contributed by atoms with Gasteiger partial charge >= 0.3 is 0 Å². The first-order valence-corrected chi connectivity index (χ1v) is 12.4. The van der Waals surface area contributed by atoms with Gasteiger partial charge in [0, 0.05) is 42.5 Å². The Kier molecular flexibility index (Phi) is 6.92. The summed E-state index contributed by atoms with van der Waals surface area (Å²) < 4.78 is 25.6. The van der Waals surface area contributed by atoms with Gasteiger partial charge in [-0.15, -0.1) is 0 Å². The average Bonchev–Trinajstić information content (AvgIpc) is 3.30. The first-order valence-electron chi connectivity index (χ1n) is 11.6. The van der Waals surface area contributed by atoms with Crippen molar-refractivity contribution < 1.29 is 13.9 Å². The summed E-state index contributed by atoms with van der Waals surface area (Å²) in [5.74, 6) is 0.881. The van der Waals surface area contributed by atoms with E-state index in [1.54, 1.807) is 20.1 Å². The van der Waals surface area contributed by atoms with Crippen LogP contribution >= 0.6 is 23.2 Å². The van der Waals surface area contributed by atoms with Crippen LogP contribution in [-0.4, -0.2) is 60.2 Å². The molecule has 0 unspecified atom stereocenters. The van der Waals surface area contributed by atoms with Crippen molar-refractivity contribution in [2.45, 2.75) is 13.0 Å². The maximum Gasteiger partial charge on any atom is 0.224 e. The first kappa shape index (κ1) is 24.6. The molecule has 1 N–H and O–H groups in total. The van der Waals surface area contributed by atoms with Crippen molar-refractivity contribution in [2.24, 2.45) is 0 Å². The first-order chi connectivity index (χ1) is 17.3. The van der Waals surface area contributed by atoms with Crippen LogP contribution in [0.25, 0.3) is 22.4 Å². The lowest BCUT2D eigenvalue weighted by molar-refractivity contribution is 0.225. The van der Waals surface area contributed by atoms with Crippen LogP contribution in [0.1, 0.15) is 18.6 Å². The molecule has 0 radical (unpaired) electrons. The summed E-state index contributed by atoms with van der Waals surface area (Å²) in [6.45, 7) is 5.78. The van der Waals surface area contributed by atoms with Crippen LogP contribution in [0.4, 0.5) is 10.1 Å². The van der Waals surface area contributed by atoms with E-state index in [-0.39, 0.29) is 5.02 Å². The molecule has 1 saturated heterocycles. The zero-order valence-corrected chi connectivity index (χ0v) is 21.7. The Balaban J connectivity index is 1.45. The monoisotopic (exact) mass is 529 g/mol. The fraction of sp³-hybridized carbons (Fsp3) is 0.308. The molecule has 0 bridgehead atoms. The second-order valence-corrected chi connectivity index (χ2v) is 9.61. The van der Waals surface area contributed by atoms with Crippen LogP contribution in [0.5, 0.6) is 11.6 Å². The second kappa shape index (κ2) is 10.1. The zero-order chi connectivity index (χ0) is 25.4. The number of nitrogens with one attached hydrogen (secondary N) is 1. The number of hydrogen-bond acceptors (Lipinski definition) is 6. The highest BCUT2D eigenvalue weighted by Crippen LogP contribution is 2.37. The van der Waals surface area contributed by atoms with Gasteiger partial charge < -0.3 is 24.3 Å². The molecule has 0 amide bonds. The fourth-order valence-corrected chi connectivity index (χ4v) is 5.07. The molecule has 0 aliphatic carbocycles. The van der Waals surface area contributed by atoms with Crippen LogP contribution in [0.3, 0.4) is 0 Å². The normalized spacial score (nSPS) is 15.3. The second-order valence-electron chi connectivity index (χ2n) is 8.82. The van der Waals surface area contributed by atoms with E-state index in [4.69, 9.17) is 37.7 Å². The van der Waals surface area contributed by atoms with Gasteiger partial charge in [-0.1, -0.05) is 23.2 Å². The Morgan fingerprint density at radius 1 is 1.08 bits per heavy atom. The number of methoxy groups -OCH3 is 1. The number of aromatic nitrogens is 3. The molecule has 2 aromatic carbocycles. The lowest BCUT2D eigenvalue weighted by Gasteiger charge is -2.34. The third kappa shape index (κ3) is 4.81. The largest absolute Gasteiger partial charge is 0.484 e. The molecule has 188 valence electrons. The van der Waals surface area contributed by atoms with E-state index in [1.807, 2.05) is 6.07 Å². The molecule has 1 atom stereocenters. The number of pyridine rings is 1. The molecular weight excluding hydrogens is 504 g/mol. The topological polar surface area (TPSA) is 66.5 Å². The quantitative estimate of drug-likeness (QED) is 0.310. The Labute approximate surface area is 218 Å². The van der Waals surface area contributed by atoms with Crippen molar-refractivity contribution in [1.82, 2.24) is 19.9 Å². The van der Waals surface area contributed by atoms with Crippen LogP contribution in [0.2, 0.25) is 10.0 Å². The van der Waals surface area contributed by atoms with Gasteiger partial charge in [0.2, 0.25) is 5.88 Å². The minimum atomic E-state index is -0.620. The van der Waals surface area contributed by atoms with Crippen LogP contribution in [0, 0.1) is 5.82 Å². The number of benzene rings is 2. The minimum absolute atomic E-state index is 0.0647. The molecule has 0 saturated carbocycles.